The molecule has 16 heavy (non-hydrogen) atoms. The van der Waals surface area contributed by atoms with Crippen molar-refractivity contribution in [3.05, 3.63) is 0 Å². The van der Waals surface area contributed by atoms with Crippen LogP contribution in [0.2, 0.25) is 0 Å². The Hall–Kier alpha value is -0.0800. The molecular weight excluding hydrogens is 196 g/mol. The lowest BCUT2D eigenvalue weighted by molar-refractivity contribution is 0.118. The summed E-state index contributed by atoms with van der Waals surface area (Å²) >= 11 is 0. The first kappa shape index (κ1) is 14.0. The van der Waals surface area contributed by atoms with Gasteiger partial charge in [-0.2, -0.15) is 0 Å². The molecule has 0 aromatic carbocycles. The van der Waals surface area contributed by atoms with Crippen LogP contribution in [-0.2, 0) is 0 Å². The average Bonchev–Trinajstić information content (AvgIpc) is 2.18. The highest BCUT2D eigenvalue weighted by Gasteiger charge is 2.25. The maximum atomic E-state index is 3.52. The zero-order valence-electron chi connectivity index (χ0n) is 11.8. The first-order valence-corrected chi connectivity index (χ1v) is 6.85. The molecule has 1 aliphatic rings. The van der Waals surface area contributed by atoms with E-state index in [9.17, 15) is 0 Å². The number of piperidine rings is 1. The van der Waals surface area contributed by atoms with Gasteiger partial charge in [-0.25, -0.2) is 0 Å². The van der Waals surface area contributed by atoms with E-state index in [1.165, 1.54) is 32.5 Å². The number of hydrogen-bond donors (Lipinski definition) is 1. The molecule has 2 heteroatoms. The second-order valence-corrected chi connectivity index (χ2v) is 6.63. The molecule has 96 valence electrons. The molecule has 1 aliphatic heterocycles. The Labute approximate surface area is 102 Å². The predicted molar refractivity (Wildman–Crippen MR) is 71.8 cm³/mol. The molecule has 2 nitrogen and oxygen atoms in total. The van der Waals surface area contributed by atoms with Crippen LogP contribution in [0.5, 0.6) is 0 Å². The molecular formula is C14H30N2. The largest absolute Gasteiger partial charge is 0.314 e. The normalized spacial score (nSPS) is 23.6. The van der Waals surface area contributed by atoms with Crippen molar-refractivity contribution in [3.8, 4) is 0 Å². The molecule has 0 saturated carbocycles. The van der Waals surface area contributed by atoms with Crippen molar-refractivity contribution < 1.29 is 0 Å². The van der Waals surface area contributed by atoms with E-state index < -0.39 is 0 Å². The third-order valence-corrected chi connectivity index (χ3v) is 3.65. The van der Waals surface area contributed by atoms with Crippen LogP contribution in [0.4, 0.5) is 0 Å². The molecule has 1 rings (SSSR count). The predicted octanol–water partition coefficient (Wildman–Crippen LogP) is 2.74. The Kier molecular flexibility index (Phi) is 5.26. The second kappa shape index (κ2) is 6.02. The standard InChI is InChI=1S/C14H30N2/c1-12(2)15-10-13(3)11-16-8-6-14(4,5)7-9-16/h12-13,15H,6-11H2,1-5H3. The first-order valence-electron chi connectivity index (χ1n) is 6.85. The van der Waals surface area contributed by atoms with Crippen LogP contribution >= 0.6 is 0 Å². The minimum absolute atomic E-state index is 0.579. The Morgan fingerprint density at radius 2 is 1.69 bits per heavy atom. The van der Waals surface area contributed by atoms with Crippen molar-refractivity contribution in [3.63, 3.8) is 0 Å². The topological polar surface area (TPSA) is 15.3 Å². The minimum Gasteiger partial charge on any atom is -0.314 e. The molecule has 0 aromatic rings. The maximum absolute atomic E-state index is 3.52. The number of hydrogen-bond acceptors (Lipinski definition) is 2. The van der Waals surface area contributed by atoms with Crippen LogP contribution in [0, 0.1) is 11.3 Å². The molecule has 0 amide bonds. The molecule has 0 radical (unpaired) electrons. The first-order chi connectivity index (χ1) is 7.39. The lowest BCUT2D eigenvalue weighted by atomic mass is 9.82. The lowest BCUT2D eigenvalue weighted by Gasteiger charge is -2.38. The quantitative estimate of drug-likeness (QED) is 0.775. The Morgan fingerprint density at radius 1 is 1.12 bits per heavy atom. The zero-order chi connectivity index (χ0) is 12.2. The number of nitrogens with one attached hydrogen (secondary N) is 1. The minimum atomic E-state index is 0.579. The summed E-state index contributed by atoms with van der Waals surface area (Å²) in [4.78, 5) is 2.64. The fourth-order valence-corrected chi connectivity index (χ4v) is 2.28. The van der Waals surface area contributed by atoms with E-state index in [1.54, 1.807) is 0 Å². The molecule has 1 fully saturated rings. The molecule has 0 aromatic heterocycles. The summed E-state index contributed by atoms with van der Waals surface area (Å²) in [6.07, 6.45) is 2.72. The van der Waals surface area contributed by atoms with Crippen LogP contribution in [0.25, 0.3) is 0 Å². The molecule has 0 spiro atoms. The molecule has 0 aliphatic carbocycles. The summed E-state index contributed by atoms with van der Waals surface area (Å²) in [6, 6.07) is 0.614. The van der Waals surface area contributed by atoms with Crippen molar-refractivity contribution >= 4 is 0 Å². The van der Waals surface area contributed by atoms with Crippen LogP contribution < -0.4 is 5.32 Å². The fourth-order valence-electron chi connectivity index (χ4n) is 2.28. The number of rotatable bonds is 5. The van der Waals surface area contributed by atoms with Crippen LogP contribution in [0.3, 0.4) is 0 Å². The van der Waals surface area contributed by atoms with Gasteiger partial charge >= 0.3 is 0 Å². The van der Waals surface area contributed by atoms with E-state index in [0.717, 1.165) is 12.5 Å². The van der Waals surface area contributed by atoms with Gasteiger partial charge in [-0.15, -0.1) is 0 Å². The molecule has 1 saturated heterocycles. The fraction of sp³-hybridized carbons (Fsp3) is 1.00. The van der Waals surface area contributed by atoms with E-state index >= 15 is 0 Å². The second-order valence-electron chi connectivity index (χ2n) is 6.63. The van der Waals surface area contributed by atoms with E-state index in [4.69, 9.17) is 0 Å². The van der Waals surface area contributed by atoms with Crippen LogP contribution in [0.1, 0.15) is 47.5 Å². The van der Waals surface area contributed by atoms with E-state index in [1.807, 2.05) is 0 Å². The average molecular weight is 226 g/mol. The smallest absolute Gasteiger partial charge is 0.00192 e. The third-order valence-electron chi connectivity index (χ3n) is 3.65. The monoisotopic (exact) mass is 226 g/mol. The van der Waals surface area contributed by atoms with Gasteiger partial charge in [0.1, 0.15) is 0 Å². The molecule has 0 bridgehead atoms. The molecule has 1 heterocycles. The SMILES string of the molecule is CC(CNC(C)C)CN1CCC(C)(C)CC1. The van der Waals surface area contributed by atoms with Gasteiger partial charge in [0, 0.05) is 12.6 Å². The van der Waals surface area contributed by atoms with E-state index in [-0.39, 0.29) is 0 Å². The third kappa shape index (κ3) is 5.31. The van der Waals surface area contributed by atoms with Gasteiger partial charge in [0.2, 0.25) is 0 Å². The lowest BCUT2D eigenvalue weighted by Crippen LogP contribution is -2.41. The summed E-state index contributed by atoms with van der Waals surface area (Å²) in [5, 5.41) is 3.52. The molecule has 1 atom stereocenters. The van der Waals surface area contributed by atoms with Crippen molar-refractivity contribution in [1.82, 2.24) is 10.2 Å². The highest BCUT2D eigenvalue weighted by atomic mass is 15.1. The van der Waals surface area contributed by atoms with Crippen molar-refractivity contribution in [2.45, 2.75) is 53.5 Å². The van der Waals surface area contributed by atoms with E-state index in [2.05, 4.69) is 44.8 Å². The van der Waals surface area contributed by atoms with Gasteiger partial charge in [-0.1, -0.05) is 34.6 Å². The highest BCUT2D eigenvalue weighted by Crippen LogP contribution is 2.29. The van der Waals surface area contributed by atoms with Crippen molar-refractivity contribution in [1.29, 1.82) is 0 Å². The van der Waals surface area contributed by atoms with Gasteiger partial charge in [-0.05, 0) is 43.8 Å². The van der Waals surface area contributed by atoms with Gasteiger partial charge in [0.05, 0.1) is 0 Å². The van der Waals surface area contributed by atoms with Gasteiger partial charge in [0.25, 0.3) is 0 Å². The Bertz CT molecular complexity index is 189. The zero-order valence-corrected chi connectivity index (χ0v) is 11.8. The summed E-state index contributed by atoms with van der Waals surface area (Å²) in [6.45, 7) is 16.6. The Morgan fingerprint density at radius 3 is 2.19 bits per heavy atom. The Balaban J connectivity index is 2.18. The number of likely N-dealkylation sites (tertiary alicyclic amines) is 1. The maximum Gasteiger partial charge on any atom is 0.00192 e. The summed E-state index contributed by atoms with van der Waals surface area (Å²) < 4.78 is 0. The summed E-state index contributed by atoms with van der Waals surface area (Å²) in [7, 11) is 0. The summed E-state index contributed by atoms with van der Waals surface area (Å²) in [5.74, 6) is 0.767. The van der Waals surface area contributed by atoms with Gasteiger partial charge in [-0.3, -0.25) is 0 Å². The van der Waals surface area contributed by atoms with Crippen molar-refractivity contribution in [2.75, 3.05) is 26.2 Å². The number of nitrogens with zero attached hydrogens (tertiary/aromatic N) is 1. The molecule has 1 unspecified atom stereocenters. The summed E-state index contributed by atoms with van der Waals surface area (Å²) in [5.41, 5.74) is 0.579. The van der Waals surface area contributed by atoms with E-state index in [0.29, 0.717) is 11.5 Å². The van der Waals surface area contributed by atoms with Gasteiger partial charge in [0.15, 0.2) is 0 Å². The van der Waals surface area contributed by atoms with Crippen LogP contribution in [-0.4, -0.2) is 37.1 Å². The van der Waals surface area contributed by atoms with Gasteiger partial charge < -0.3 is 10.2 Å². The molecule has 1 N–H and O–H groups in total. The highest BCUT2D eigenvalue weighted by molar-refractivity contribution is 4.79. The van der Waals surface area contributed by atoms with Crippen LogP contribution in [0.15, 0.2) is 0 Å². The van der Waals surface area contributed by atoms with Crippen molar-refractivity contribution in [2.24, 2.45) is 11.3 Å².